The fourth-order valence-electron chi connectivity index (χ4n) is 3.16. The number of carbonyl (C=O) groups is 1. The van der Waals surface area contributed by atoms with E-state index in [1.165, 1.54) is 7.11 Å². The van der Waals surface area contributed by atoms with Crippen LogP contribution >= 0.6 is 0 Å². The van der Waals surface area contributed by atoms with Crippen molar-refractivity contribution in [3.8, 4) is 11.5 Å². The van der Waals surface area contributed by atoms with Crippen LogP contribution in [0.15, 0.2) is 48.5 Å². The quantitative estimate of drug-likeness (QED) is 0.758. The molecular formula is C20H23N3O6. The number of rotatable bonds is 5. The van der Waals surface area contributed by atoms with Gasteiger partial charge in [0, 0.05) is 5.69 Å². The van der Waals surface area contributed by atoms with Gasteiger partial charge in [-0.05, 0) is 30.3 Å². The molecule has 2 aliphatic rings. The smallest absolute Gasteiger partial charge is 0.341 e. The average Bonchev–Trinajstić information content (AvgIpc) is 2.80. The molecule has 2 aliphatic heterocycles. The number of nitrogens with zero attached hydrogens (tertiary/aromatic N) is 2. The van der Waals surface area contributed by atoms with Gasteiger partial charge in [-0.15, -0.1) is 0 Å². The Bertz CT molecular complexity index is 828. The molecule has 2 heterocycles. The molecule has 0 spiro atoms. The highest BCUT2D eigenvalue weighted by Gasteiger charge is 2.28. The predicted octanol–water partition coefficient (Wildman–Crippen LogP) is 2.11. The number of hydrogen-bond donors (Lipinski definition) is 1. The van der Waals surface area contributed by atoms with E-state index in [9.17, 15) is 4.79 Å². The predicted molar refractivity (Wildman–Crippen MR) is 103 cm³/mol. The van der Waals surface area contributed by atoms with Gasteiger partial charge in [0.2, 0.25) is 6.41 Å². The lowest BCUT2D eigenvalue weighted by Gasteiger charge is -2.41. The van der Waals surface area contributed by atoms with Crippen LogP contribution in [0.25, 0.3) is 0 Å². The monoisotopic (exact) mass is 401 g/mol. The molecule has 0 amide bonds. The summed E-state index contributed by atoms with van der Waals surface area (Å²) >= 11 is 0. The highest BCUT2D eigenvalue weighted by molar-refractivity contribution is 5.93. The number of para-hydroxylation sites is 1. The summed E-state index contributed by atoms with van der Waals surface area (Å²) in [6, 6.07) is 14.7. The molecule has 0 radical (unpaired) electrons. The highest BCUT2D eigenvalue weighted by Crippen LogP contribution is 2.30. The number of anilines is 1. The van der Waals surface area contributed by atoms with Crippen molar-refractivity contribution in [3.05, 3.63) is 54.1 Å². The van der Waals surface area contributed by atoms with E-state index >= 15 is 0 Å². The molecule has 0 atom stereocenters. The van der Waals surface area contributed by atoms with Crippen molar-refractivity contribution >= 4 is 11.7 Å². The van der Waals surface area contributed by atoms with Gasteiger partial charge in [0.05, 0.1) is 27.1 Å². The molecule has 29 heavy (non-hydrogen) atoms. The number of nitrogens with one attached hydrogen (secondary N) is 1. The van der Waals surface area contributed by atoms with Crippen LogP contribution in [0.5, 0.6) is 11.5 Å². The van der Waals surface area contributed by atoms with Crippen molar-refractivity contribution in [2.75, 3.05) is 45.6 Å². The molecule has 0 aromatic heterocycles. The number of ether oxygens (including phenoxy) is 5. The molecule has 2 saturated heterocycles. The molecule has 9 nitrogen and oxygen atoms in total. The first-order valence-corrected chi connectivity index (χ1v) is 9.20. The summed E-state index contributed by atoms with van der Waals surface area (Å²) < 4.78 is 26.9. The summed E-state index contributed by atoms with van der Waals surface area (Å²) in [7, 11) is 1.35. The first kappa shape index (κ1) is 19.6. The number of carbonyl (C=O) groups excluding carboxylic acids is 1. The third-order valence-electron chi connectivity index (χ3n) is 4.56. The Kier molecular flexibility index (Phi) is 6.23. The van der Waals surface area contributed by atoms with Gasteiger partial charge in [-0.25, -0.2) is 9.69 Å². The number of hydrogen-bond acceptors (Lipinski definition) is 9. The molecule has 2 aromatic carbocycles. The summed E-state index contributed by atoms with van der Waals surface area (Å²) in [6.07, 6.45) is -0.486. The molecular weight excluding hydrogens is 378 g/mol. The minimum Gasteiger partial charge on any atom is -0.465 e. The van der Waals surface area contributed by atoms with E-state index in [-0.39, 0.29) is 13.6 Å². The summed E-state index contributed by atoms with van der Waals surface area (Å²) in [5.41, 5.74) is 1.19. The van der Waals surface area contributed by atoms with Gasteiger partial charge in [-0.3, -0.25) is 5.32 Å². The van der Waals surface area contributed by atoms with Gasteiger partial charge >= 0.3 is 5.97 Å². The van der Waals surface area contributed by atoms with Crippen LogP contribution in [0.1, 0.15) is 10.4 Å². The second-order valence-electron chi connectivity index (χ2n) is 6.50. The molecule has 0 bridgehead atoms. The van der Waals surface area contributed by atoms with E-state index in [1.807, 2.05) is 41.3 Å². The molecule has 2 fully saturated rings. The van der Waals surface area contributed by atoms with Crippen molar-refractivity contribution in [1.82, 2.24) is 10.2 Å². The molecule has 1 N–H and O–H groups in total. The lowest BCUT2D eigenvalue weighted by Crippen LogP contribution is -2.58. The minimum absolute atomic E-state index is 0.194. The van der Waals surface area contributed by atoms with Crippen molar-refractivity contribution in [2.45, 2.75) is 6.41 Å². The Balaban J connectivity index is 1.54. The van der Waals surface area contributed by atoms with Gasteiger partial charge in [0.1, 0.15) is 17.1 Å². The first-order valence-electron chi connectivity index (χ1n) is 9.20. The van der Waals surface area contributed by atoms with Crippen LogP contribution in [0.3, 0.4) is 0 Å². The average molecular weight is 401 g/mol. The zero-order valence-electron chi connectivity index (χ0n) is 16.1. The van der Waals surface area contributed by atoms with Crippen LogP contribution in [-0.4, -0.2) is 58.0 Å². The topological polar surface area (TPSA) is 81.7 Å². The van der Waals surface area contributed by atoms with Crippen molar-refractivity contribution < 1.29 is 28.5 Å². The van der Waals surface area contributed by atoms with Crippen molar-refractivity contribution in [1.29, 1.82) is 0 Å². The summed E-state index contributed by atoms with van der Waals surface area (Å²) in [6.45, 7) is 2.16. The van der Waals surface area contributed by atoms with Crippen LogP contribution in [-0.2, 0) is 18.9 Å². The van der Waals surface area contributed by atoms with Gasteiger partial charge in [-0.1, -0.05) is 18.2 Å². The van der Waals surface area contributed by atoms with E-state index in [4.69, 9.17) is 23.7 Å². The fraction of sp³-hybridized carbons (Fsp3) is 0.350. The van der Waals surface area contributed by atoms with E-state index < -0.39 is 12.4 Å². The van der Waals surface area contributed by atoms with E-state index in [1.54, 1.807) is 12.1 Å². The lowest BCUT2D eigenvalue weighted by atomic mass is 10.1. The second-order valence-corrected chi connectivity index (χ2v) is 6.50. The maximum Gasteiger partial charge on any atom is 0.341 e. The van der Waals surface area contributed by atoms with Crippen LogP contribution in [0.2, 0.25) is 0 Å². The Labute approximate surface area is 168 Å². The van der Waals surface area contributed by atoms with Crippen LogP contribution in [0, 0.1) is 0 Å². The van der Waals surface area contributed by atoms with E-state index in [2.05, 4.69) is 10.2 Å². The SMILES string of the molecule is COC(=O)c1cc(N2CNCN(C3OCOCO3)C2)ccc1Oc1ccccc1. The number of esters is 1. The van der Waals surface area contributed by atoms with Gasteiger partial charge in [0.25, 0.3) is 0 Å². The molecule has 2 aromatic rings. The molecule has 0 aliphatic carbocycles. The zero-order valence-corrected chi connectivity index (χ0v) is 16.1. The second kappa shape index (κ2) is 9.21. The van der Waals surface area contributed by atoms with Crippen molar-refractivity contribution in [2.24, 2.45) is 0 Å². The highest BCUT2D eigenvalue weighted by atomic mass is 16.9. The fourth-order valence-corrected chi connectivity index (χ4v) is 3.16. The normalized spacial score (nSPS) is 18.4. The van der Waals surface area contributed by atoms with Gasteiger partial charge in [0.15, 0.2) is 13.6 Å². The van der Waals surface area contributed by atoms with Crippen LogP contribution < -0.4 is 15.0 Å². The third kappa shape index (κ3) is 4.66. The summed E-state index contributed by atoms with van der Waals surface area (Å²) in [5, 5.41) is 3.30. The van der Waals surface area contributed by atoms with E-state index in [0.29, 0.717) is 37.1 Å². The summed E-state index contributed by atoms with van der Waals surface area (Å²) in [4.78, 5) is 16.4. The molecule has 4 rings (SSSR count). The van der Waals surface area contributed by atoms with Crippen LogP contribution in [0.4, 0.5) is 5.69 Å². The Hall–Kier alpha value is -2.69. The lowest BCUT2D eigenvalue weighted by molar-refractivity contribution is -0.345. The first-order chi connectivity index (χ1) is 14.2. The minimum atomic E-state index is -0.486. The maximum absolute atomic E-state index is 12.4. The largest absolute Gasteiger partial charge is 0.465 e. The van der Waals surface area contributed by atoms with Gasteiger partial charge < -0.3 is 28.6 Å². The Morgan fingerprint density at radius 3 is 2.66 bits per heavy atom. The number of methoxy groups -OCH3 is 1. The van der Waals surface area contributed by atoms with Crippen molar-refractivity contribution in [3.63, 3.8) is 0 Å². The molecule has 9 heteroatoms. The Morgan fingerprint density at radius 1 is 1.10 bits per heavy atom. The third-order valence-corrected chi connectivity index (χ3v) is 4.56. The molecule has 154 valence electrons. The molecule has 0 unspecified atom stereocenters. The summed E-state index contributed by atoms with van der Waals surface area (Å²) in [5.74, 6) is 0.616. The molecule has 0 saturated carbocycles. The maximum atomic E-state index is 12.4. The number of benzene rings is 2. The standard InChI is InChI=1S/C20H23N3O6/c1-25-19(24)17-9-15(7-8-18(17)29-16-5-3-2-4-6-16)22-10-21-11-23(12-22)20-27-13-26-14-28-20/h2-9,20-21H,10-14H2,1H3. The van der Waals surface area contributed by atoms with E-state index in [0.717, 1.165) is 5.69 Å². The zero-order chi connectivity index (χ0) is 20.1. The Morgan fingerprint density at radius 2 is 1.90 bits per heavy atom. The van der Waals surface area contributed by atoms with Gasteiger partial charge in [-0.2, -0.15) is 0 Å².